The molecule has 21 heavy (non-hydrogen) atoms. The van der Waals surface area contributed by atoms with Crippen molar-refractivity contribution >= 4 is 11.8 Å². The third-order valence-electron chi connectivity index (χ3n) is 5.03. The topological polar surface area (TPSA) is 38.7 Å². The smallest absolute Gasteiger partial charge is 0.118 e. The minimum absolute atomic E-state index is 0.00401. The highest BCUT2D eigenvalue weighted by Crippen LogP contribution is 2.46. The Morgan fingerprint density at radius 3 is 2.76 bits per heavy atom. The van der Waals surface area contributed by atoms with Gasteiger partial charge in [-0.15, -0.1) is 0 Å². The molecule has 116 valence electrons. The summed E-state index contributed by atoms with van der Waals surface area (Å²) in [5, 5.41) is 11.1. The minimum atomic E-state index is -0.809. The van der Waals surface area contributed by atoms with Gasteiger partial charge in [0, 0.05) is 12.4 Å². The Balaban J connectivity index is 1.79. The van der Waals surface area contributed by atoms with E-state index >= 15 is 0 Å². The Morgan fingerprint density at radius 2 is 2.14 bits per heavy atom. The summed E-state index contributed by atoms with van der Waals surface area (Å²) >= 11 is 1.97. The Morgan fingerprint density at radius 1 is 1.38 bits per heavy atom. The average molecular weight is 308 g/mol. The number of ether oxygens (including phenoxy) is 2. The first-order valence-electron chi connectivity index (χ1n) is 7.64. The first kappa shape index (κ1) is 15.2. The van der Waals surface area contributed by atoms with Crippen molar-refractivity contribution in [1.29, 1.82) is 0 Å². The predicted octanol–water partition coefficient (Wildman–Crippen LogP) is 3.21. The number of hydrogen-bond donors (Lipinski definition) is 1. The van der Waals surface area contributed by atoms with Crippen LogP contribution in [0.25, 0.3) is 0 Å². The fraction of sp³-hybridized carbons (Fsp3) is 0.647. The van der Waals surface area contributed by atoms with Crippen LogP contribution in [0.1, 0.15) is 31.7 Å². The molecule has 2 fully saturated rings. The summed E-state index contributed by atoms with van der Waals surface area (Å²) in [7, 11) is 1.66. The highest BCUT2D eigenvalue weighted by atomic mass is 32.2. The second kappa shape index (κ2) is 5.82. The number of benzene rings is 1. The predicted molar refractivity (Wildman–Crippen MR) is 85.9 cm³/mol. The van der Waals surface area contributed by atoms with Crippen LogP contribution in [0.5, 0.6) is 5.75 Å². The lowest BCUT2D eigenvalue weighted by Gasteiger charge is -2.43. The monoisotopic (exact) mass is 308 g/mol. The SMILES string of the molecule is COc1ccc(C(C)(O)C2CCOC3(CCSC3)C2)cc1. The van der Waals surface area contributed by atoms with Gasteiger partial charge in [0.05, 0.1) is 18.3 Å². The van der Waals surface area contributed by atoms with Crippen LogP contribution in [0.15, 0.2) is 24.3 Å². The van der Waals surface area contributed by atoms with Crippen LogP contribution < -0.4 is 4.74 Å². The molecule has 3 unspecified atom stereocenters. The largest absolute Gasteiger partial charge is 0.497 e. The number of thioether (sulfide) groups is 1. The zero-order valence-corrected chi connectivity index (χ0v) is 13.6. The molecule has 3 atom stereocenters. The molecule has 1 aromatic rings. The lowest BCUT2D eigenvalue weighted by molar-refractivity contribution is -0.129. The number of methoxy groups -OCH3 is 1. The molecule has 0 bridgehead atoms. The molecule has 4 heteroatoms. The molecule has 2 aliphatic rings. The van der Waals surface area contributed by atoms with Crippen LogP contribution in [0.2, 0.25) is 0 Å². The maximum Gasteiger partial charge on any atom is 0.118 e. The van der Waals surface area contributed by atoms with Crippen LogP contribution in [0.4, 0.5) is 0 Å². The van der Waals surface area contributed by atoms with Gasteiger partial charge in [0.1, 0.15) is 5.75 Å². The first-order valence-corrected chi connectivity index (χ1v) is 8.80. The Kier molecular flexibility index (Phi) is 4.21. The van der Waals surface area contributed by atoms with Gasteiger partial charge in [-0.25, -0.2) is 0 Å². The van der Waals surface area contributed by atoms with E-state index in [1.54, 1.807) is 7.11 Å². The standard InChI is InChI=1S/C17H24O3S/c1-16(18,13-3-5-15(19-2)6-4-13)14-7-9-20-17(11-14)8-10-21-12-17/h3-6,14,18H,7-12H2,1-2H3. The second-order valence-electron chi connectivity index (χ2n) is 6.40. The van der Waals surface area contributed by atoms with E-state index in [1.807, 2.05) is 43.0 Å². The molecule has 1 spiro atoms. The van der Waals surface area contributed by atoms with Crippen molar-refractivity contribution in [1.82, 2.24) is 0 Å². The molecule has 2 saturated heterocycles. The first-order chi connectivity index (χ1) is 10.1. The van der Waals surface area contributed by atoms with Gasteiger partial charge in [-0.3, -0.25) is 0 Å². The summed E-state index contributed by atoms with van der Waals surface area (Å²) in [6, 6.07) is 7.80. The van der Waals surface area contributed by atoms with E-state index < -0.39 is 5.60 Å². The molecule has 2 heterocycles. The molecule has 0 saturated carbocycles. The number of aliphatic hydroxyl groups is 1. The third-order valence-corrected chi connectivity index (χ3v) is 6.25. The van der Waals surface area contributed by atoms with Crippen molar-refractivity contribution in [3.63, 3.8) is 0 Å². The lowest BCUT2D eigenvalue weighted by atomic mass is 9.73. The zero-order valence-electron chi connectivity index (χ0n) is 12.8. The van der Waals surface area contributed by atoms with Crippen LogP contribution in [-0.4, -0.2) is 35.9 Å². The summed E-state index contributed by atoms with van der Waals surface area (Å²) in [4.78, 5) is 0. The number of rotatable bonds is 3. The van der Waals surface area contributed by atoms with Gasteiger partial charge in [0.2, 0.25) is 0 Å². The van der Waals surface area contributed by atoms with Crippen LogP contribution >= 0.6 is 11.8 Å². The summed E-state index contributed by atoms with van der Waals surface area (Å²) in [6.07, 6.45) is 3.00. The molecule has 1 aromatic carbocycles. The van der Waals surface area contributed by atoms with Gasteiger partial charge in [-0.2, -0.15) is 11.8 Å². The van der Waals surface area contributed by atoms with E-state index in [-0.39, 0.29) is 11.5 Å². The molecule has 0 amide bonds. The highest BCUT2D eigenvalue weighted by Gasteiger charge is 2.46. The van der Waals surface area contributed by atoms with Gasteiger partial charge >= 0.3 is 0 Å². The maximum absolute atomic E-state index is 11.1. The van der Waals surface area contributed by atoms with Crippen LogP contribution in [0.3, 0.4) is 0 Å². The number of hydrogen-bond acceptors (Lipinski definition) is 4. The minimum Gasteiger partial charge on any atom is -0.497 e. The molecule has 0 aromatic heterocycles. The van der Waals surface area contributed by atoms with Crippen molar-refractivity contribution < 1.29 is 14.6 Å². The second-order valence-corrected chi connectivity index (χ2v) is 7.50. The molecule has 0 aliphatic carbocycles. The molecular weight excluding hydrogens is 284 g/mol. The van der Waals surface area contributed by atoms with Crippen molar-refractivity contribution in [3.05, 3.63) is 29.8 Å². The van der Waals surface area contributed by atoms with E-state index in [2.05, 4.69) is 0 Å². The summed E-state index contributed by atoms with van der Waals surface area (Å²) in [5.41, 5.74) is 0.163. The van der Waals surface area contributed by atoms with Gasteiger partial charge < -0.3 is 14.6 Å². The Bertz CT molecular complexity index is 477. The maximum atomic E-state index is 11.1. The molecule has 1 N–H and O–H groups in total. The van der Waals surface area contributed by atoms with Gasteiger partial charge in [0.15, 0.2) is 0 Å². The molecule has 3 nitrogen and oxygen atoms in total. The highest BCUT2D eigenvalue weighted by molar-refractivity contribution is 7.99. The van der Waals surface area contributed by atoms with Crippen LogP contribution in [0, 0.1) is 5.92 Å². The molecule has 0 radical (unpaired) electrons. The fourth-order valence-corrected chi connectivity index (χ4v) is 4.91. The van der Waals surface area contributed by atoms with Gasteiger partial charge in [-0.05, 0) is 55.6 Å². The third kappa shape index (κ3) is 2.94. The van der Waals surface area contributed by atoms with Crippen molar-refractivity contribution in [2.24, 2.45) is 5.92 Å². The summed E-state index contributed by atoms with van der Waals surface area (Å²) in [5.74, 6) is 3.32. The van der Waals surface area contributed by atoms with E-state index in [0.717, 1.165) is 42.9 Å². The quantitative estimate of drug-likeness (QED) is 0.930. The Labute approximate surface area is 131 Å². The van der Waals surface area contributed by atoms with Crippen LogP contribution in [-0.2, 0) is 10.3 Å². The van der Waals surface area contributed by atoms with Gasteiger partial charge in [0.25, 0.3) is 0 Å². The lowest BCUT2D eigenvalue weighted by Crippen LogP contribution is -2.46. The van der Waals surface area contributed by atoms with E-state index in [4.69, 9.17) is 9.47 Å². The van der Waals surface area contributed by atoms with Crippen molar-refractivity contribution in [2.45, 2.75) is 37.4 Å². The van der Waals surface area contributed by atoms with Gasteiger partial charge in [-0.1, -0.05) is 12.1 Å². The fourth-order valence-electron chi connectivity index (χ4n) is 3.54. The van der Waals surface area contributed by atoms with Crippen molar-refractivity contribution in [2.75, 3.05) is 25.2 Å². The van der Waals surface area contributed by atoms with E-state index in [9.17, 15) is 5.11 Å². The Hall–Kier alpha value is -0.710. The van der Waals surface area contributed by atoms with E-state index in [1.165, 1.54) is 5.75 Å². The van der Waals surface area contributed by atoms with Crippen molar-refractivity contribution in [3.8, 4) is 5.75 Å². The molecule has 2 aliphatic heterocycles. The molecule has 3 rings (SSSR count). The average Bonchev–Trinajstić information content (AvgIpc) is 2.95. The normalized spacial score (nSPS) is 32.0. The summed E-state index contributed by atoms with van der Waals surface area (Å²) < 4.78 is 11.3. The zero-order chi connectivity index (χ0) is 14.9. The molecular formula is C17H24O3S. The summed E-state index contributed by atoms with van der Waals surface area (Å²) in [6.45, 7) is 2.71. The van der Waals surface area contributed by atoms with E-state index in [0.29, 0.717) is 0 Å².